The van der Waals surface area contributed by atoms with Gasteiger partial charge in [0, 0.05) is 0 Å². The molecule has 2 unspecified atom stereocenters. The minimum Gasteiger partial charge on any atom is -0.507 e. The van der Waals surface area contributed by atoms with Crippen molar-refractivity contribution < 1.29 is 36.7 Å². The molecule has 0 aliphatic carbocycles. The number of ether oxygens (including phenoxy) is 1. The maximum absolute atomic E-state index is 14.7. The molecule has 15 heteroatoms. The van der Waals surface area contributed by atoms with Crippen LogP contribution < -0.4 is 10.5 Å². The highest BCUT2D eigenvalue weighted by Crippen LogP contribution is 2.34. The summed E-state index contributed by atoms with van der Waals surface area (Å²) in [6.07, 6.45) is -4.17. The molecule has 13 nitrogen and oxygen atoms in total. The second-order valence-corrected chi connectivity index (χ2v) is 8.12. The second kappa shape index (κ2) is 8.27. The molecular formula is C17H17FN6O7S. The molecule has 0 radical (unpaired) electrons. The molecule has 4 atom stereocenters. The highest BCUT2D eigenvalue weighted by Gasteiger charge is 2.46. The lowest BCUT2D eigenvalue weighted by atomic mass is 10.1. The average Bonchev–Trinajstić information content (AvgIpc) is 3.29. The maximum atomic E-state index is 14.7. The van der Waals surface area contributed by atoms with E-state index in [-0.39, 0.29) is 22.5 Å². The first-order valence-electron chi connectivity index (χ1n) is 9.08. The quantitative estimate of drug-likeness (QED) is 0.361. The molecule has 1 fully saturated rings. The first-order valence-corrected chi connectivity index (χ1v) is 10.5. The Morgan fingerprint density at radius 1 is 1.31 bits per heavy atom. The van der Waals surface area contributed by atoms with Crippen LogP contribution in [-0.2, 0) is 19.2 Å². The van der Waals surface area contributed by atoms with Gasteiger partial charge in [-0.2, -0.15) is 8.42 Å². The number of phenolic OH excluding ortho intramolecular Hbond substituents is 1. The SMILES string of the molecule is Nc1ncnc2c1ncn2[C@@H]1O[C@H](COS(=O)(=O)NC(=O)c2ccccc2O)C(O)C1F. The summed E-state index contributed by atoms with van der Waals surface area (Å²) >= 11 is 0. The van der Waals surface area contributed by atoms with E-state index in [0.717, 1.165) is 6.33 Å². The summed E-state index contributed by atoms with van der Waals surface area (Å²) in [6.45, 7) is -0.800. The van der Waals surface area contributed by atoms with Crippen molar-refractivity contribution in [1.29, 1.82) is 0 Å². The Bertz CT molecular complexity index is 1270. The number of aliphatic hydroxyl groups excluding tert-OH is 1. The third-order valence-corrected chi connectivity index (χ3v) is 5.59. The fourth-order valence-electron chi connectivity index (χ4n) is 3.14. The number of nitrogens with one attached hydrogen (secondary N) is 1. The lowest BCUT2D eigenvalue weighted by Gasteiger charge is -2.15. The van der Waals surface area contributed by atoms with E-state index in [1.54, 1.807) is 4.72 Å². The summed E-state index contributed by atoms with van der Waals surface area (Å²) in [5.74, 6) is -1.51. The molecule has 4 rings (SSSR count). The van der Waals surface area contributed by atoms with Crippen molar-refractivity contribution in [3.63, 3.8) is 0 Å². The predicted octanol–water partition coefficient (Wildman–Crippen LogP) is -0.598. The van der Waals surface area contributed by atoms with Gasteiger partial charge in [0.25, 0.3) is 5.91 Å². The molecule has 2 aromatic heterocycles. The monoisotopic (exact) mass is 468 g/mol. The summed E-state index contributed by atoms with van der Waals surface area (Å²) < 4.78 is 51.8. The standard InChI is InChI=1S/C17H17FN6O7S/c18-11-13(26)10(31-17(11)24-7-22-12-14(19)20-6-21-15(12)24)5-30-32(28,29)23-16(27)8-3-1-2-4-9(8)25/h1-4,6-7,10-11,13,17,25-26H,5H2,(H,23,27)(H2,19,20,21)/t10-,11?,13?,17-/m1/s1. The Balaban J connectivity index is 1.44. The van der Waals surface area contributed by atoms with Crippen LogP contribution in [0.25, 0.3) is 11.2 Å². The van der Waals surface area contributed by atoms with Gasteiger partial charge in [-0.1, -0.05) is 12.1 Å². The number of imidazole rings is 1. The number of anilines is 1. The van der Waals surface area contributed by atoms with Crippen LogP contribution in [0.15, 0.2) is 36.9 Å². The smallest absolute Gasteiger partial charge is 0.362 e. The van der Waals surface area contributed by atoms with Crippen molar-refractivity contribution >= 4 is 33.2 Å². The molecular weight excluding hydrogens is 451 g/mol. The number of phenols is 1. The first-order chi connectivity index (χ1) is 15.2. The van der Waals surface area contributed by atoms with E-state index in [0.29, 0.717) is 0 Å². The molecule has 1 amide bonds. The number of nitrogens with zero attached hydrogens (tertiary/aromatic N) is 4. The highest BCUT2D eigenvalue weighted by molar-refractivity contribution is 7.85. The number of halogens is 1. The number of carbonyl (C=O) groups excluding carboxylic acids is 1. The number of hydrogen-bond donors (Lipinski definition) is 4. The number of nitrogen functional groups attached to an aromatic ring is 1. The number of carbonyl (C=O) groups is 1. The molecule has 1 aliphatic rings. The summed E-state index contributed by atoms with van der Waals surface area (Å²) in [7, 11) is -4.67. The number of nitrogens with two attached hydrogens (primary N) is 1. The molecule has 170 valence electrons. The van der Waals surface area contributed by atoms with E-state index in [1.807, 2.05) is 0 Å². The number of alkyl halides is 1. The Kier molecular flexibility index (Phi) is 5.64. The number of rotatable bonds is 6. The number of para-hydroxylation sites is 1. The van der Waals surface area contributed by atoms with Gasteiger partial charge in [0.15, 0.2) is 23.9 Å². The molecule has 1 saturated heterocycles. The van der Waals surface area contributed by atoms with Crippen molar-refractivity contribution in [2.24, 2.45) is 0 Å². The van der Waals surface area contributed by atoms with Gasteiger partial charge in [-0.3, -0.25) is 13.5 Å². The average molecular weight is 468 g/mol. The van der Waals surface area contributed by atoms with Crippen LogP contribution >= 0.6 is 0 Å². The molecule has 0 spiro atoms. The number of aliphatic hydroxyl groups is 1. The molecule has 0 bridgehead atoms. The number of amides is 1. The highest BCUT2D eigenvalue weighted by atomic mass is 32.2. The third kappa shape index (κ3) is 4.05. The molecule has 1 aliphatic heterocycles. The van der Waals surface area contributed by atoms with Gasteiger partial charge in [0.05, 0.1) is 18.5 Å². The zero-order valence-corrected chi connectivity index (χ0v) is 16.9. The van der Waals surface area contributed by atoms with E-state index < -0.39 is 53.2 Å². The van der Waals surface area contributed by atoms with E-state index in [2.05, 4.69) is 19.1 Å². The van der Waals surface area contributed by atoms with E-state index in [1.165, 1.54) is 35.2 Å². The fourth-order valence-corrected chi connectivity index (χ4v) is 3.85. The topological polar surface area (TPSA) is 192 Å². The molecule has 5 N–H and O–H groups in total. The van der Waals surface area contributed by atoms with Crippen LogP contribution in [0, 0.1) is 0 Å². The molecule has 3 heterocycles. The summed E-state index contributed by atoms with van der Waals surface area (Å²) in [5, 5.41) is 19.8. The Morgan fingerprint density at radius 2 is 2.06 bits per heavy atom. The number of benzene rings is 1. The van der Waals surface area contributed by atoms with Gasteiger partial charge >= 0.3 is 10.3 Å². The second-order valence-electron chi connectivity index (χ2n) is 6.77. The van der Waals surface area contributed by atoms with Crippen molar-refractivity contribution in [3.8, 4) is 5.75 Å². The van der Waals surface area contributed by atoms with Gasteiger partial charge in [-0.15, -0.1) is 0 Å². The van der Waals surface area contributed by atoms with Crippen molar-refractivity contribution in [2.45, 2.75) is 24.6 Å². The number of aromatic nitrogens is 4. The number of fused-ring (bicyclic) bond motifs is 1. The van der Waals surface area contributed by atoms with Gasteiger partial charge in [-0.05, 0) is 12.1 Å². The first kappa shape index (κ1) is 21.8. The van der Waals surface area contributed by atoms with Crippen LogP contribution in [0.5, 0.6) is 5.75 Å². The van der Waals surface area contributed by atoms with E-state index in [9.17, 15) is 27.8 Å². The van der Waals surface area contributed by atoms with Gasteiger partial charge in [0.1, 0.15) is 29.8 Å². The zero-order valence-electron chi connectivity index (χ0n) is 16.1. The van der Waals surface area contributed by atoms with E-state index >= 15 is 0 Å². The van der Waals surface area contributed by atoms with Crippen LogP contribution in [0.4, 0.5) is 10.2 Å². The lowest BCUT2D eigenvalue weighted by molar-refractivity contribution is -0.0405. The van der Waals surface area contributed by atoms with Crippen LogP contribution in [0.1, 0.15) is 16.6 Å². The third-order valence-electron chi connectivity index (χ3n) is 4.71. The van der Waals surface area contributed by atoms with Crippen LogP contribution in [-0.4, -0.2) is 69.0 Å². The summed E-state index contributed by atoms with van der Waals surface area (Å²) in [5.41, 5.74) is 5.75. The largest absolute Gasteiger partial charge is 0.507 e. The summed E-state index contributed by atoms with van der Waals surface area (Å²) in [4.78, 5) is 23.8. The minimum atomic E-state index is -4.67. The molecule has 32 heavy (non-hydrogen) atoms. The number of aromatic hydroxyl groups is 1. The maximum Gasteiger partial charge on any atom is 0.362 e. The van der Waals surface area contributed by atoms with Crippen molar-refractivity contribution in [1.82, 2.24) is 24.2 Å². The van der Waals surface area contributed by atoms with Crippen molar-refractivity contribution in [3.05, 3.63) is 42.5 Å². The van der Waals surface area contributed by atoms with Crippen LogP contribution in [0.2, 0.25) is 0 Å². The van der Waals surface area contributed by atoms with Gasteiger partial charge < -0.3 is 20.7 Å². The molecule has 0 saturated carbocycles. The molecule has 1 aromatic carbocycles. The summed E-state index contributed by atoms with van der Waals surface area (Å²) in [6, 6.07) is 5.27. The number of hydrogen-bond acceptors (Lipinski definition) is 11. The molecule has 3 aromatic rings. The Hall–Kier alpha value is -3.40. The fraction of sp³-hybridized carbons (Fsp3) is 0.294. The Morgan fingerprint density at radius 3 is 2.81 bits per heavy atom. The zero-order chi connectivity index (χ0) is 23.0. The predicted molar refractivity (Wildman–Crippen MR) is 105 cm³/mol. The van der Waals surface area contributed by atoms with Crippen molar-refractivity contribution in [2.75, 3.05) is 12.3 Å². The van der Waals surface area contributed by atoms with Gasteiger partial charge in [-0.25, -0.2) is 24.1 Å². The minimum absolute atomic E-state index is 0.0638. The normalized spacial score (nSPS) is 23.4. The van der Waals surface area contributed by atoms with Crippen LogP contribution in [0.3, 0.4) is 0 Å². The Labute approximate surface area is 179 Å². The van der Waals surface area contributed by atoms with E-state index in [4.69, 9.17) is 10.5 Å². The lowest BCUT2D eigenvalue weighted by Crippen LogP contribution is -2.37. The van der Waals surface area contributed by atoms with Gasteiger partial charge in [0.2, 0.25) is 0 Å².